The molecular formula is C23H29F3O3. The van der Waals surface area contributed by atoms with Crippen LogP contribution in [0.4, 0.5) is 13.2 Å². The average molecular weight is 410 g/mol. The van der Waals surface area contributed by atoms with Crippen LogP contribution in [0, 0.1) is 11.8 Å². The van der Waals surface area contributed by atoms with Crippen molar-refractivity contribution in [3.8, 4) is 5.75 Å². The minimum atomic E-state index is -4.36. The third-order valence-electron chi connectivity index (χ3n) is 5.18. The molecular weight excluding hydrogens is 381 g/mol. The fourth-order valence-corrected chi connectivity index (χ4v) is 3.65. The van der Waals surface area contributed by atoms with E-state index in [0.717, 1.165) is 31.4 Å². The Morgan fingerprint density at radius 3 is 2.76 bits per heavy atom. The Bertz CT molecular complexity index is 695. The molecule has 0 amide bonds. The minimum Gasteiger partial charge on any atom is -0.493 e. The number of halogens is 3. The van der Waals surface area contributed by atoms with Gasteiger partial charge in [-0.15, -0.1) is 0 Å². The lowest BCUT2D eigenvalue weighted by molar-refractivity contribution is -0.138. The van der Waals surface area contributed by atoms with E-state index in [1.54, 1.807) is 0 Å². The van der Waals surface area contributed by atoms with E-state index in [0.29, 0.717) is 31.3 Å². The van der Waals surface area contributed by atoms with Gasteiger partial charge in [-0.2, -0.15) is 13.2 Å². The number of carbonyl (C=O) groups is 1. The van der Waals surface area contributed by atoms with Crippen LogP contribution in [-0.2, 0) is 11.0 Å². The summed E-state index contributed by atoms with van der Waals surface area (Å²) in [6.07, 6.45) is 11.0. The zero-order valence-electron chi connectivity index (χ0n) is 16.5. The van der Waals surface area contributed by atoms with Gasteiger partial charge in [-0.1, -0.05) is 36.8 Å². The van der Waals surface area contributed by atoms with Crippen LogP contribution in [-0.4, -0.2) is 17.7 Å². The van der Waals surface area contributed by atoms with Crippen LogP contribution >= 0.6 is 0 Å². The number of carboxylic acids is 1. The lowest BCUT2D eigenvalue weighted by atomic mass is 9.92. The van der Waals surface area contributed by atoms with Crippen molar-refractivity contribution in [1.29, 1.82) is 0 Å². The number of alkyl halides is 3. The van der Waals surface area contributed by atoms with E-state index in [1.165, 1.54) is 25.0 Å². The first-order valence-electron chi connectivity index (χ1n) is 10.2. The summed E-state index contributed by atoms with van der Waals surface area (Å²) in [7, 11) is 0. The Morgan fingerprint density at radius 2 is 2.00 bits per heavy atom. The van der Waals surface area contributed by atoms with E-state index in [-0.39, 0.29) is 12.2 Å². The first kappa shape index (κ1) is 23.0. The molecule has 1 saturated carbocycles. The van der Waals surface area contributed by atoms with Gasteiger partial charge in [-0.3, -0.25) is 4.79 Å². The monoisotopic (exact) mass is 410 g/mol. The Kier molecular flexibility index (Phi) is 9.29. The topological polar surface area (TPSA) is 46.5 Å². The number of allylic oxidation sites excluding steroid dienone is 3. The summed E-state index contributed by atoms with van der Waals surface area (Å²) >= 11 is 0. The maximum absolute atomic E-state index is 12.7. The summed E-state index contributed by atoms with van der Waals surface area (Å²) in [4.78, 5) is 10.5. The molecule has 160 valence electrons. The quantitative estimate of drug-likeness (QED) is 0.328. The van der Waals surface area contributed by atoms with Crippen molar-refractivity contribution >= 4 is 5.97 Å². The van der Waals surface area contributed by atoms with Gasteiger partial charge in [0.1, 0.15) is 5.75 Å². The summed E-state index contributed by atoms with van der Waals surface area (Å²) in [6, 6.07) is 4.95. The molecule has 2 rings (SSSR count). The zero-order chi connectivity index (χ0) is 21.1. The third-order valence-corrected chi connectivity index (χ3v) is 5.18. The van der Waals surface area contributed by atoms with Crippen LogP contribution in [0.25, 0.3) is 0 Å². The number of hydrogen-bond donors (Lipinski definition) is 1. The van der Waals surface area contributed by atoms with Gasteiger partial charge in [0.25, 0.3) is 0 Å². The number of rotatable bonds is 11. The maximum Gasteiger partial charge on any atom is 0.416 e. The van der Waals surface area contributed by atoms with Crippen LogP contribution in [0.2, 0.25) is 0 Å². The van der Waals surface area contributed by atoms with Crippen molar-refractivity contribution < 1.29 is 27.8 Å². The van der Waals surface area contributed by atoms with Gasteiger partial charge in [0.05, 0.1) is 12.2 Å². The molecule has 0 heterocycles. The van der Waals surface area contributed by atoms with Crippen LogP contribution in [0.5, 0.6) is 5.75 Å². The van der Waals surface area contributed by atoms with Gasteiger partial charge in [-0.25, -0.2) is 0 Å². The highest BCUT2D eigenvalue weighted by Gasteiger charge is 2.30. The van der Waals surface area contributed by atoms with Crippen molar-refractivity contribution in [1.82, 2.24) is 0 Å². The Morgan fingerprint density at radius 1 is 1.17 bits per heavy atom. The highest BCUT2D eigenvalue weighted by Crippen LogP contribution is 2.35. The molecule has 1 aromatic carbocycles. The fraction of sp³-hybridized carbons (Fsp3) is 0.522. The highest BCUT2D eigenvalue weighted by molar-refractivity contribution is 5.66. The normalized spacial score (nSPS) is 20.0. The summed E-state index contributed by atoms with van der Waals surface area (Å²) < 4.78 is 43.6. The second kappa shape index (κ2) is 11.7. The fourth-order valence-electron chi connectivity index (χ4n) is 3.65. The van der Waals surface area contributed by atoms with Crippen molar-refractivity contribution in [3.05, 3.63) is 54.1 Å². The van der Waals surface area contributed by atoms with Crippen LogP contribution in [0.3, 0.4) is 0 Å². The van der Waals surface area contributed by atoms with E-state index in [2.05, 4.69) is 24.3 Å². The molecule has 0 aromatic heterocycles. The van der Waals surface area contributed by atoms with Gasteiger partial charge in [-0.05, 0) is 68.6 Å². The lowest BCUT2D eigenvalue weighted by Gasteiger charge is -2.14. The molecule has 1 aromatic rings. The van der Waals surface area contributed by atoms with Gasteiger partial charge < -0.3 is 9.84 Å². The molecule has 0 bridgehead atoms. The van der Waals surface area contributed by atoms with Crippen molar-refractivity contribution in [2.24, 2.45) is 11.8 Å². The molecule has 1 N–H and O–H groups in total. The average Bonchev–Trinajstić information content (AvgIpc) is 3.11. The Labute approximate surface area is 170 Å². The van der Waals surface area contributed by atoms with Crippen molar-refractivity contribution in [2.45, 2.75) is 57.5 Å². The highest BCUT2D eigenvalue weighted by atomic mass is 19.4. The molecule has 29 heavy (non-hydrogen) atoms. The molecule has 1 aliphatic rings. The Balaban J connectivity index is 1.68. The molecule has 1 aliphatic carbocycles. The van der Waals surface area contributed by atoms with E-state index in [9.17, 15) is 18.0 Å². The first-order chi connectivity index (χ1) is 13.9. The summed E-state index contributed by atoms with van der Waals surface area (Å²) in [5.41, 5.74) is -0.699. The van der Waals surface area contributed by atoms with E-state index in [4.69, 9.17) is 9.84 Å². The second-order valence-electron chi connectivity index (χ2n) is 7.44. The molecule has 0 spiro atoms. The van der Waals surface area contributed by atoms with Crippen molar-refractivity contribution in [3.63, 3.8) is 0 Å². The summed E-state index contributed by atoms with van der Waals surface area (Å²) in [5.74, 6) is 0.606. The molecule has 0 saturated heterocycles. The molecule has 3 nitrogen and oxygen atoms in total. The molecule has 1 unspecified atom stereocenters. The lowest BCUT2D eigenvalue weighted by Crippen LogP contribution is -2.05. The molecule has 6 heteroatoms. The molecule has 2 atom stereocenters. The zero-order valence-corrected chi connectivity index (χ0v) is 16.5. The van der Waals surface area contributed by atoms with E-state index >= 15 is 0 Å². The predicted octanol–water partition coefficient (Wildman–Crippen LogP) is 6.65. The van der Waals surface area contributed by atoms with Crippen molar-refractivity contribution in [2.75, 3.05) is 6.61 Å². The smallest absolute Gasteiger partial charge is 0.416 e. The SMILES string of the molecule is O=C(O)CCC/C=C\C[C@H]1CCCC1/C=C/CCOc1cccc(C(F)(F)F)c1. The summed E-state index contributed by atoms with van der Waals surface area (Å²) in [5, 5.41) is 8.62. The standard InChI is InChI=1S/C23H29F3O3/c24-23(25,26)20-13-8-14-21(17-20)29-16-6-5-10-19-12-7-11-18(19)9-3-1-2-4-15-22(27)28/h1,3,5,8,10,13-14,17-19H,2,4,6-7,9,11-12,15-16H2,(H,27,28)/b3-1-,10-5+/t18-,19?/m0/s1. The number of aliphatic carboxylic acids is 1. The number of carboxylic acid groups (broad SMARTS) is 1. The summed E-state index contributed by atoms with van der Waals surface area (Å²) in [6.45, 7) is 0.346. The molecule has 0 radical (unpaired) electrons. The first-order valence-corrected chi connectivity index (χ1v) is 10.2. The number of benzene rings is 1. The Hall–Kier alpha value is -2.24. The van der Waals surface area contributed by atoms with Crippen LogP contribution in [0.15, 0.2) is 48.6 Å². The maximum atomic E-state index is 12.7. The molecule has 0 aliphatic heterocycles. The van der Waals surface area contributed by atoms with Crippen LogP contribution in [0.1, 0.15) is 56.9 Å². The molecule has 1 fully saturated rings. The second-order valence-corrected chi connectivity index (χ2v) is 7.44. The van der Waals surface area contributed by atoms with Gasteiger partial charge in [0.15, 0.2) is 0 Å². The largest absolute Gasteiger partial charge is 0.493 e. The number of unbranched alkanes of at least 4 members (excludes halogenated alkanes) is 1. The predicted molar refractivity (Wildman–Crippen MR) is 107 cm³/mol. The van der Waals surface area contributed by atoms with E-state index in [1.807, 2.05) is 0 Å². The number of hydrogen-bond acceptors (Lipinski definition) is 2. The van der Waals surface area contributed by atoms with Gasteiger partial charge >= 0.3 is 12.1 Å². The van der Waals surface area contributed by atoms with Gasteiger partial charge in [0, 0.05) is 6.42 Å². The van der Waals surface area contributed by atoms with Gasteiger partial charge in [0.2, 0.25) is 0 Å². The third kappa shape index (κ3) is 8.75. The number of ether oxygens (including phenoxy) is 1. The van der Waals surface area contributed by atoms with Crippen LogP contribution < -0.4 is 4.74 Å². The van der Waals surface area contributed by atoms with E-state index < -0.39 is 17.7 Å². The minimum absolute atomic E-state index is 0.210.